The van der Waals surface area contributed by atoms with E-state index in [2.05, 4.69) is 0 Å². The number of halogens is 4. The van der Waals surface area contributed by atoms with E-state index in [9.17, 15) is 22.4 Å². The van der Waals surface area contributed by atoms with Gasteiger partial charge in [-0.2, -0.15) is 13.2 Å². The van der Waals surface area contributed by atoms with Gasteiger partial charge in [0, 0.05) is 11.5 Å². The number of Topliss-reactive ketones (excluding diaryl/α,β-unsaturated/α-hetero) is 1. The van der Waals surface area contributed by atoms with Gasteiger partial charge in [0.25, 0.3) is 0 Å². The van der Waals surface area contributed by atoms with E-state index in [1.807, 2.05) is 0 Å². The average Bonchev–Trinajstić information content (AvgIpc) is 2.40. The maximum atomic E-state index is 13.4. The van der Waals surface area contributed by atoms with Crippen molar-refractivity contribution in [1.82, 2.24) is 0 Å². The van der Waals surface area contributed by atoms with Gasteiger partial charge in [-0.1, -0.05) is 12.1 Å². The molecule has 0 aromatic heterocycles. The third kappa shape index (κ3) is 3.19. The standard InChI is InChI=1S/C15H16F4O/c1-9-2-3-11(8-13(9)16)14(20)10-4-6-12(7-5-10)15(17,18)19/h2-3,8,10,12H,4-7H2,1H3. The van der Waals surface area contributed by atoms with Gasteiger partial charge in [-0.15, -0.1) is 0 Å². The van der Waals surface area contributed by atoms with Crippen LogP contribution in [0.3, 0.4) is 0 Å². The van der Waals surface area contributed by atoms with Crippen molar-refractivity contribution >= 4 is 5.78 Å². The molecule has 0 aliphatic heterocycles. The van der Waals surface area contributed by atoms with Crippen molar-refractivity contribution in [3.63, 3.8) is 0 Å². The minimum Gasteiger partial charge on any atom is -0.294 e. The van der Waals surface area contributed by atoms with Gasteiger partial charge in [0.05, 0.1) is 5.92 Å². The maximum Gasteiger partial charge on any atom is 0.391 e. The van der Waals surface area contributed by atoms with Crippen molar-refractivity contribution < 1.29 is 22.4 Å². The van der Waals surface area contributed by atoms with E-state index in [0.717, 1.165) is 0 Å². The van der Waals surface area contributed by atoms with Gasteiger partial charge in [-0.05, 0) is 44.2 Å². The van der Waals surface area contributed by atoms with Crippen molar-refractivity contribution in [1.29, 1.82) is 0 Å². The maximum absolute atomic E-state index is 13.4. The molecule has 1 aromatic carbocycles. The summed E-state index contributed by atoms with van der Waals surface area (Å²) >= 11 is 0. The Morgan fingerprint density at radius 3 is 2.25 bits per heavy atom. The largest absolute Gasteiger partial charge is 0.391 e. The highest BCUT2D eigenvalue weighted by Crippen LogP contribution is 2.40. The molecule has 0 radical (unpaired) electrons. The van der Waals surface area contributed by atoms with Gasteiger partial charge < -0.3 is 0 Å². The summed E-state index contributed by atoms with van der Waals surface area (Å²) in [6.07, 6.45) is -3.77. The van der Waals surface area contributed by atoms with Crippen LogP contribution in [-0.2, 0) is 0 Å². The zero-order chi connectivity index (χ0) is 14.9. The van der Waals surface area contributed by atoms with Gasteiger partial charge >= 0.3 is 6.18 Å². The van der Waals surface area contributed by atoms with E-state index in [1.165, 1.54) is 18.2 Å². The highest BCUT2D eigenvalue weighted by atomic mass is 19.4. The first-order valence-corrected chi connectivity index (χ1v) is 6.66. The second-order valence-electron chi connectivity index (χ2n) is 5.42. The summed E-state index contributed by atoms with van der Waals surface area (Å²) in [7, 11) is 0. The molecule has 0 spiro atoms. The van der Waals surface area contributed by atoms with Crippen molar-refractivity contribution in [2.24, 2.45) is 11.8 Å². The summed E-state index contributed by atoms with van der Waals surface area (Å²) in [4.78, 5) is 12.2. The van der Waals surface area contributed by atoms with Crippen molar-refractivity contribution in [2.75, 3.05) is 0 Å². The molecule has 0 N–H and O–H groups in total. The molecule has 0 atom stereocenters. The van der Waals surface area contributed by atoms with Crippen LogP contribution in [0.2, 0.25) is 0 Å². The Labute approximate surface area is 115 Å². The average molecular weight is 288 g/mol. The zero-order valence-corrected chi connectivity index (χ0v) is 11.1. The molecule has 0 unspecified atom stereocenters. The smallest absolute Gasteiger partial charge is 0.294 e. The lowest BCUT2D eigenvalue weighted by molar-refractivity contribution is -0.183. The van der Waals surface area contributed by atoms with Crippen LogP contribution < -0.4 is 0 Å². The lowest BCUT2D eigenvalue weighted by Crippen LogP contribution is -2.30. The molecule has 2 rings (SSSR count). The number of benzene rings is 1. The highest BCUT2D eigenvalue weighted by molar-refractivity contribution is 5.97. The van der Waals surface area contributed by atoms with E-state index in [4.69, 9.17) is 0 Å². The molecule has 0 bridgehead atoms. The van der Waals surface area contributed by atoms with Crippen LogP contribution in [0.1, 0.15) is 41.6 Å². The minimum atomic E-state index is -4.18. The van der Waals surface area contributed by atoms with Gasteiger partial charge in [0.15, 0.2) is 5.78 Å². The number of carbonyl (C=O) groups is 1. The molecule has 1 fully saturated rings. The Kier molecular flexibility index (Phi) is 4.16. The van der Waals surface area contributed by atoms with Crippen LogP contribution in [-0.4, -0.2) is 12.0 Å². The number of alkyl halides is 3. The highest BCUT2D eigenvalue weighted by Gasteiger charge is 2.42. The number of aryl methyl sites for hydroxylation is 1. The predicted octanol–water partition coefficient (Wildman–Crippen LogP) is 4.69. The Morgan fingerprint density at radius 1 is 1.15 bits per heavy atom. The summed E-state index contributed by atoms with van der Waals surface area (Å²) in [5.41, 5.74) is 0.700. The first kappa shape index (κ1) is 15.0. The molecule has 1 saturated carbocycles. The molecule has 20 heavy (non-hydrogen) atoms. The summed E-state index contributed by atoms with van der Waals surface area (Å²) < 4.78 is 51.1. The van der Waals surface area contributed by atoms with E-state index in [0.29, 0.717) is 5.56 Å². The SMILES string of the molecule is Cc1ccc(C(=O)C2CCC(C(F)(F)F)CC2)cc1F. The number of ketones is 1. The topological polar surface area (TPSA) is 17.1 Å². The molecule has 0 saturated heterocycles. The molecule has 1 nitrogen and oxygen atoms in total. The van der Waals surface area contributed by atoms with Crippen molar-refractivity contribution in [3.8, 4) is 0 Å². The lowest BCUT2D eigenvalue weighted by Gasteiger charge is -2.29. The molecule has 110 valence electrons. The summed E-state index contributed by atoms with van der Waals surface area (Å²) in [6.45, 7) is 1.60. The van der Waals surface area contributed by atoms with Crippen LogP contribution >= 0.6 is 0 Å². The fourth-order valence-electron chi connectivity index (χ4n) is 2.66. The molecule has 0 amide bonds. The van der Waals surface area contributed by atoms with Gasteiger partial charge in [0.1, 0.15) is 5.82 Å². The number of rotatable bonds is 2. The van der Waals surface area contributed by atoms with Crippen LogP contribution in [0.15, 0.2) is 18.2 Å². The van der Waals surface area contributed by atoms with Crippen LogP contribution in [0.4, 0.5) is 17.6 Å². The molecule has 5 heteroatoms. The summed E-state index contributed by atoms with van der Waals surface area (Å²) in [5, 5.41) is 0. The van der Waals surface area contributed by atoms with Crippen LogP contribution in [0.5, 0.6) is 0 Å². The second kappa shape index (κ2) is 5.54. The molecule has 0 heterocycles. The second-order valence-corrected chi connectivity index (χ2v) is 5.42. The van der Waals surface area contributed by atoms with Crippen molar-refractivity contribution in [3.05, 3.63) is 35.1 Å². The quantitative estimate of drug-likeness (QED) is 0.570. The normalized spacial score (nSPS) is 23.6. The first-order chi connectivity index (χ1) is 9.29. The van der Waals surface area contributed by atoms with Crippen LogP contribution in [0.25, 0.3) is 0 Å². The molecular weight excluding hydrogens is 272 g/mol. The third-order valence-electron chi connectivity index (χ3n) is 4.02. The predicted molar refractivity (Wildman–Crippen MR) is 67.0 cm³/mol. The monoisotopic (exact) mass is 288 g/mol. The number of hydrogen-bond donors (Lipinski definition) is 0. The fraction of sp³-hybridized carbons (Fsp3) is 0.533. The van der Waals surface area contributed by atoms with E-state index in [1.54, 1.807) is 6.92 Å². The molecule has 1 aliphatic rings. The number of carbonyl (C=O) groups excluding carboxylic acids is 1. The van der Waals surface area contributed by atoms with Gasteiger partial charge in [-0.3, -0.25) is 4.79 Å². The third-order valence-corrected chi connectivity index (χ3v) is 4.02. The minimum absolute atomic E-state index is 0.0196. The Balaban J connectivity index is 2.03. The first-order valence-electron chi connectivity index (χ1n) is 6.66. The van der Waals surface area contributed by atoms with E-state index >= 15 is 0 Å². The Bertz CT molecular complexity index is 499. The lowest BCUT2D eigenvalue weighted by atomic mass is 9.78. The molecular formula is C15H16F4O. The number of hydrogen-bond acceptors (Lipinski definition) is 1. The molecule has 1 aliphatic carbocycles. The summed E-state index contributed by atoms with van der Waals surface area (Å²) in [5.74, 6) is -2.43. The zero-order valence-electron chi connectivity index (χ0n) is 11.1. The Morgan fingerprint density at radius 2 is 1.75 bits per heavy atom. The van der Waals surface area contributed by atoms with Gasteiger partial charge in [-0.25, -0.2) is 4.39 Å². The fourth-order valence-corrected chi connectivity index (χ4v) is 2.66. The Hall–Kier alpha value is -1.39. The van der Waals surface area contributed by atoms with Crippen LogP contribution in [0, 0.1) is 24.6 Å². The van der Waals surface area contributed by atoms with E-state index in [-0.39, 0.29) is 37.0 Å². The van der Waals surface area contributed by atoms with Crippen molar-refractivity contribution in [2.45, 2.75) is 38.8 Å². The van der Waals surface area contributed by atoms with E-state index < -0.39 is 23.8 Å². The van der Waals surface area contributed by atoms with Gasteiger partial charge in [0.2, 0.25) is 0 Å². The summed E-state index contributed by atoms with van der Waals surface area (Å²) in [6, 6.07) is 4.23. The molecule has 1 aromatic rings.